The lowest BCUT2D eigenvalue weighted by Crippen LogP contribution is -2.24. The van der Waals surface area contributed by atoms with Crippen molar-refractivity contribution in [3.8, 4) is 5.75 Å². The first kappa shape index (κ1) is 16.1. The highest BCUT2D eigenvalue weighted by molar-refractivity contribution is 5.91. The Morgan fingerprint density at radius 1 is 1.32 bits per heavy atom. The largest absolute Gasteiger partial charge is 0.496 e. The van der Waals surface area contributed by atoms with Gasteiger partial charge in [0.15, 0.2) is 0 Å². The van der Waals surface area contributed by atoms with E-state index in [0.717, 1.165) is 24.2 Å². The van der Waals surface area contributed by atoms with E-state index in [4.69, 9.17) is 4.74 Å². The Bertz CT molecular complexity index is 676. The number of fused-ring (bicyclic) bond motifs is 1. The first-order chi connectivity index (χ1) is 10.7. The number of rotatable bonds is 7. The minimum Gasteiger partial charge on any atom is -0.496 e. The lowest BCUT2D eigenvalue weighted by Gasteiger charge is -2.14. The predicted octanol–water partition coefficient (Wildman–Crippen LogP) is 3.65. The maximum Gasteiger partial charge on any atom is 0.219 e. The number of hydrogen-bond acceptors (Lipinski definition) is 2. The van der Waals surface area contributed by atoms with E-state index in [2.05, 4.69) is 36.2 Å². The number of carbonyl (C=O) groups is 1. The Balaban J connectivity index is 2.40. The van der Waals surface area contributed by atoms with Crippen molar-refractivity contribution < 1.29 is 9.53 Å². The van der Waals surface area contributed by atoms with Crippen molar-refractivity contribution in [3.63, 3.8) is 0 Å². The summed E-state index contributed by atoms with van der Waals surface area (Å²) in [6.07, 6.45) is 3.98. The quantitative estimate of drug-likeness (QED) is 0.792. The van der Waals surface area contributed by atoms with Gasteiger partial charge in [-0.3, -0.25) is 4.79 Å². The Labute approximate surface area is 132 Å². The van der Waals surface area contributed by atoms with Crippen LogP contribution in [0, 0.1) is 0 Å². The molecule has 0 saturated heterocycles. The van der Waals surface area contributed by atoms with Gasteiger partial charge in [-0.1, -0.05) is 37.3 Å². The molecule has 0 bridgehead atoms. The predicted molar refractivity (Wildman–Crippen MR) is 91.4 cm³/mol. The monoisotopic (exact) mass is 297 g/mol. The van der Waals surface area contributed by atoms with Crippen molar-refractivity contribution in [2.45, 2.75) is 26.2 Å². The molecule has 0 unspecified atom stereocenters. The number of benzene rings is 2. The third kappa shape index (κ3) is 3.48. The van der Waals surface area contributed by atoms with Crippen LogP contribution in [0.3, 0.4) is 0 Å². The summed E-state index contributed by atoms with van der Waals surface area (Å²) in [5.74, 6) is 0.974. The van der Waals surface area contributed by atoms with E-state index >= 15 is 0 Å². The molecule has 22 heavy (non-hydrogen) atoms. The molecule has 3 heteroatoms. The van der Waals surface area contributed by atoms with Gasteiger partial charge < -0.3 is 10.1 Å². The summed E-state index contributed by atoms with van der Waals surface area (Å²) in [6.45, 7) is 6.36. The molecule has 1 amide bonds. The first-order valence-corrected chi connectivity index (χ1v) is 7.66. The topological polar surface area (TPSA) is 38.3 Å². The number of allylic oxidation sites excluding steroid dienone is 1. The van der Waals surface area contributed by atoms with Crippen LogP contribution in [0.2, 0.25) is 0 Å². The number of hydrogen-bond donors (Lipinski definition) is 1. The zero-order valence-electron chi connectivity index (χ0n) is 13.3. The molecule has 0 atom stereocenters. The number of amides is 1. The molecule has 0 radical (unpaired) electrons. The summed E-state index contributed by atoms with van der Waals surface area (Å²) in [7, 11) is 1.69. The van der Waals surface area contributed by atoms with Crippen LogP contribution < -0.4 is 10.1 Å². The molecular formula is C19H23NO2. The van der Waals surface area contributed by atoms with Crippen LogP contribution >= 0.6 is 0 Å². The van der Waals surface area contributed by atoms with Crippen LogP contribution in [0.4, 0.5) is 0 Å². The van der Waals surface area contributed by atoms with E-state index < -0.39 is 0 Å². The fraction of sp³-hybridized carbons (Fsp3) is 0.316. The van der Waals surface area contributed by atoms with E-state index in [1.807, 2.05) is 19.1 Å². The van der Waals surface area contributed by atoms with E-state index in [0.29, 0.717) is 13.0 Å². The summed E-state index contributed by atoms with van der Waals surface area (Å²) in [4.78, 5) is 11.4. The van der Waals surface area contributed by atoms with Gasteiger partial charge >= 0.3 is 0 Å². The zero-order valence-corrected chi connectivity index (χ0v) is 13.3. The van der Waals surface area contributed by atoms with Gasteiger partial charge in [0.25, 0.3) is 0 Å². The molecule has 2 aromatic rings. The first-order valence-electron chi connectivity index (χ1n) is 7.66. The Morgan fingerprint density at radius 2 is 2.14 bits per heavy atom. The number of carbonyl (C=O) groups excluding carboxylic acids is 1. The fourth-order valence-electron chi connectivity index (χ4n) is 2.72. The van der Waals surface area contributed by atoms with Crippen molar-refractivity contribution >= 4 is 16.7 Å². The summed E-state index contributed by atoms with van der Waals surface area (Å²) in [6, 6.07) is 10.4. The van der Waals surface area contributed by atoms with Crippen molar-refractivity contribution in [1.82, 2.24) is 5.32 Å². The number of ether oxygens (including phenoxy) is 1. The van der Waals surface area contributed by atoms with Crippen LogP contribution in [-0.2, 0) is 17.6 Å². The second-order valence-electron chi connectivity index (χ2n) is 5.21. The summed E-state index contributed by atoms with van der Waals surface area (Å²) in [5, 5.41) is 5.34. The van der Waals surface area contributed by atoms with Crippen LogP contribution in [0.15, 0.2) is 43.0 Å². The fourth-order valence-corrected chi connectivity index (χ4v) is 2.72. The second kappa shape index (κ2) is 7.64. The van der Waals surface area contributed by atoms with Gasteiger partial charge in [-0.25, -0.2) is 0 Å². The van der Waals surface area contributed by atoms with Gasteiger partial charge in [-0.05, 0) is 35.2 Å². The van der Waals surface area contributed by atoms with Crippen molar-refractivity contribution in [1.29, 1.82) is 0 Å². The number of nitrogens with one attached hydrogen (secondary N) is 1. The molecule has 116 valence electrons. The molecule has 0 spiro atoms. The lowest BCUT2D eigenvalue weighted by molar-refractivity contribution is -0.120. The highest BCUT2D eigenvalue weighted by Gasteiger charge is 2.11. The summed E-state index contributed by atoms with van der Waals surface area (Å²) >= 11 is 0. The molecule has 0 aliphatic heterocycles. The Kier molecular flexibility index (Phi) is 5.59. The minimum atomic E-state index is 0.0872. The number of methoxy groups -OCH3 is 1. The van der Waals surface area contributed by atoms with Gasteiger partial charge in [-0.2, -0.15) is 0 Å². The van der Waals surface area contributed by atoms with Crippen LogP contribution in [0.25, 0.3) is 10.8 Å². The molecule has 0 aliphatic rings. The smallest absolute Gasteiger partial charge is 0.219 e. The third-order valence-corrected chi connectivity index (χ3v) is 3.80. The molecule has 2 rings (SSSR count). The molecule has 0 saturated carbocycles. The van der Waals surface area contributed by atoms with Crippen LogP contribution in [0.5, 0.6) is 5.75 Å². The molecule has 0 aromatic heterocycles. The Hall–Kier alpha value is -2.29. The maximum atomic E-state index is 11.4. The molecule has 2 aromatic carbocycles. The van der Waals surface area contributed by atoms with E-state index in [1.54, 1.807) is 7.11 Å². The van der Waals surface area contributed by atoms with E-state index in [9.17, 15) is 4.79 Å². The van der Waals surface area contributed by atoms with Crippen molar-refractivity contribution in [2.75, 3.05) is 13.7 Å². The standard InChI is InChI=1S/C19H23NO2/c1-4-7-16-17(22-3)11-10-14-8-6-9-15(19(14)16)12-13-20-18(21)5-2/h4,6,8-11H,1,5,7,12-13H2,2-3H3,(H,20,21). The average molecular weight is 297 g/mol. The SMILES string of the molecule is C=CCc1c(OC)ccc2cccc(CCNC(=O)CC)c12. The lowest BCUT2D eigenvalue weighted by atomic mass is 9.95. The van der Waals surface area contributed by atoms with E-state index in [-0.39, 0.29) is 5.91 Å². The summed E-state index contributed by atoms with van der Waals surface area (Å²) in [5.41, 5.74) is 2.39. The normalized spacial score (nSPS) is 10.5. The maximum absolute atomic E-state index is 11.4. The average Bonchev–Trinajstić information content (AvgIpc) is 2.55. The van der Waals surface area contributed by atoms with Crippen molar-refractivity contribution in [3.05, 3.63) is 54.1 Å². The molecule has 0 aliphatic carbocycles. The van der Waals surface area contributed by atoms with Gasteiger partial charge in [0.2, 0.25) is 5.91 Å². The van der Waals surface area contributed by atoms with E-state index in [1.165, 1.54) is 16.3 Å². The Morgan fingerprint density at radius 3 is 2.82 bits per heavy atom. The van der Waals surface area contributed by atoms with Gasteiger partial charge in [0.1, 0.15) is 5.75 Å². The zero-order chi connectivity index (χ0) is 15.9. The van der Waals surface area contributed by atoms with Gasteiger partial charge in [0.05, 0.1) is 7.11 Å². The summed E-state index contributed by atoms with van der Waals surface area (Å²) < 4.78 is 5.50. The van der Waals surface area contributed by atoms with Gasteiger partial charge in [0, 0.05) is 18.5 Å². The van der Waals surface area contributed by atoms with Crippen LogP contribution in [0.1, 0.15) is 24.5 Å². The van der Waals surface area contributed by atoms with Crippen molar-refractivity contribution in [2.24, 2.45) is 0 Å². The molecule has 0 fully saturated rings. The second-order valence-corrected chi connectivity index (χ2v) is 5.21. The molecular weight excluding hydrogens is 274 g/mol. The van der Waals surface area contributed by atoms with Gasteiger partial charge in [-0.15, -0.1) is 6.58 Å². The minimum absolute atomic E-state index is 0.0872. The molecule has 1 N–H and O–H groups in total. The molecule has 3 nitrogen and oxygen atoms in total. The highest BCUT2D eigenvalue weighted by Crippen LogP contribution is 2.31. The molecule has 0 heterocycles. The third-order valence-electron chi connectivity index (χ3n) is 3.80. The van der Waals surface area contributed by atoms with Crippen LogP contribution in [-0.4, -0.2) is 19.6 Å². The highest BCUT2D eigenvalue weighted by atomic mass is 16.5.